The molecule has 0 unspecified atom stereocenters. The van der Waals surface area contributed by atoms with Crippen LogP contribution in [0, 0.1) is 0 Å². The molecule has 0 aliphatic rings. The highest BCUT2D eigenvalue weighted by Crippen LogP contribution is 2.50. The van der Waals surface area contributed by atoms with Crippen molar-refractivity contribution >= 4 is 62.2 Å². The molecule has 266 valence electrons. The van der Waals surface area contributed by atoms with E-state index in [0.717, 1.165) is 27.3 Å². The molecule has 0 radical (unpaired) electrons. The average molecular weight is 727 g/mol. The van der Waals surface area contributed by atoms with Crippen molar-refractivity contribution in [3.8, 4) is 44.5 Å². The van der Waals surface area contributed by atoms with Crippen LogP contribution >= 0.6 is 0 Å². The lowest BCUT2D eigenvalue weighted by Gasteiger charge is -2.23. The second-order valence-corrected chi connectivity index (χ2v) is 13.0. The number of aromatic carboxylic acids is 5. The van der Waals surface area contributed by atoms with E-state index in [2.05, 4.69) is 0 Å². The fourth-order valence-corrected chi connectivity index (χ4v) is 7.49. The Hall–Kier alpha value is -7.85. The standard InChI is InChI=1S/C45H26O10/c46-41(47)26-9-1-22(2-10-26)34-21-35(23-3-11-27(12-4-23)42(48)49)31-18-20-33-37(25-7-15-29(16-8-25)44(52)53)40(45(54)55)36(24-5-13-28(14-6-24)43(50)51)32-19-17-30(34)38(31)39(32)33/h1-21H,(H,46,47)(H,48,49)(H,50,51)(H,52,53)(H,54,55). The topological polar surface area (TPSA) is 186 Å². The first-order valence-corrected chi connectivity index (χ1v) is 16.8. The van der Waals surface area contributed by atoms with Crippen molar-refractivity contribution in [3.63, 3.8) is 0 Å². The van der Waals surface area contributed by atoms with Gasteiger partial charge in [-0.2, -0.15) is 0 Å². The summed E-state index contributed by atoms with van der Waals surface area (Å²) in [5.41, 5.74) is 4.57. The van der Waals surface area contributed by atoms with Gasteiger partial charge in [-0.3, -0.25) is 0 Å². The summed E-state index contributed by atoms with van der Waals surface area (Å²) in [6, 6.07) is 34.1. The van der Waals surface area contributed by atoms with E-state index in [4.69, 9.17) is 0 Å². The molecule has 0 fully saturated rings. The molecule has 0 aromatic heterocycles. The molecule has 5 N–H and O–H groups in total. The average Bonchev–Trinajstić information content (AvgIpc) is 3.19. The van der Waals surface area contributed by atoms with Gasteiger partial charge in [0.25, 0.3) is 0 Å². The largest absolute Gasteiger partial charge is 0.478 e. The number of hydrogen-bond acceptors (Lipinski definition) is 5. The summed E-state index contributed by atoms with van der Waals surface area (Å²) in [7, 11) is 0. The molecule has 55 heavy (non-hydrogen) atoms. The minimum Gasteiger partial charge on any atom is -0.478 e. The Balaban J connectivity index is 1.56. The van der Waals surface area contributed by atoms with E-state index in [1.165, 1.54) is 48.5 Å². The van der Waals surface area contributed by atoms with Gasteiger partial charge in [-0.1, -0.05) is 72.8 Å². The van der Waals surface area contributed by atoms with Gasteiger partial charge in [0.1, 0.15) is 0 Å². The predicted molar refractivity (Wildman–Crippen MR) is 207 cm³/mol. The summed E-state index contributed by atoms with van der Waals surface area (Å²) in [5, 5.41) is 53.5. The number of benzene rings is 8. The minimum absolute atomic E-state index is 0.0138. The Bertz CT molecular complexity index is 2720. The SMILES string of the molecule is O=C(O)c1ccc(-c2cc(-c3ccc(C(=O)O)cc3)c3ccc4c(-c5ccc(C(=O)O)cc5)c(C(=O)O)c(-c5ccc(C(=O)O)cc5)c5ccc2c3c54)cc1. The molecule has 0 saturated heterocycles. The molecule has 0 heterocycles. The van der Waals surface area contributed by atoms with Crippen molar-refractivity contribution in [1.82, 2.24) is 0 Å². The van der Waals surface area contributed by atoms with Crippen LogP contribution in [-0.2, 0) is 0 Å². The molecule has 0 saturated carbocycles. The lowest BCUT2D eigenvalue weighted by Crippen LogP contribution is -2.06. The highest BCUT2D eigenvalue weighted by Gasteiger charge is 2.28. The molecule has 10 heteroatoms. The molecule has 0 atom stereocenters. The van der Waals surface area contributed by atoms with Crippen LogP contribution in [0.2, 0.25) is 0 Å². The van der Waals surface area contributed by atoms with Crippen LogP contribution in [0.25, 0.3) is 76.8 Å². The van der Waals surface area contributed by atoms with Gasteiger partial charge in [0, 0.05) is 11.1 Å². The van der Waals surface area contributed by atoms with Gasteiger partial charge >= 0.3 is 29.8 Å². The van der Waals surface area contributed by atoms with Crippen LogP contribution in [0.5, 0.6) is 0 Å². The van der Waals surface area contributed by atoms with Crippen LogP contribution in [0.1, 0.15) is 51.8 Å². The van der Waals surface area contributed by atoms with Gasteiger partial charge in [0.15, 0.2) is 0 Å². The van der Waals surface area contributed by atoms with Gasteiger partial charge in [0.05, 0.1) is 27.8 Å². The van der Waals surface area contributed by atoms with Crippen LogP contribution in [-0.4, -0.2) is 55.4 Å². The molecule has 0 aliphatic carbocycles. The molecule has 0 aliphatic heterocycles. The molecular weight excluding hydrogens is 700 g/mol. The summed E-state index contributed by atoms with van der Waals surface area (Å²) in [6.07, 6.45) is 0. The Morgan fingerprint density at radius 3 is 0.873 bits per heavy atom. The molecule has 0 bridgehead atoms. The van der Waals surface area contributed by atoms with E-state index >= 15 is 0 Å². The van der Waals surface area contributed by atoms with E-state index in [0.29, 0.717) is 49.5 Å². The van der Waals surface area contributed by atoms with E-state index < -0.39 is 29.8 Å². The van der Waals surface area contributed by atoms with Gasteiger partial charge in [-0.05, 0) is 120 Å². The highest BCUT2D eigenvalue weighted by atomic mass is 16.4. The summed E-state index contributed by atoms with van der Waals surface area (Å²) in [4.78, 5) is 60.5. The number of carboxylic acid groups (broad SMARTS) is 5. The summed E-state index contributed by atoms with van der Waals surface area (Å²) in [6.45, 7) is 0. The van der Waals surface area contributed by atoms with Crippen molar-refractivity contribution in [2.45, 2.75) is 0 Å². The van der Waals surface area contributed by atoms with Crippen molar-refractivity contribution in [3.05, 3.63) is 155 Å². The Kier molecular flexibility index (Phi) is 8.08. The van der Waals surface area contributed by atoms with Crippen molar-refractivity contribution in [2.75, 3.05) is 0 Å². The second kappa shape index (κ2) is 13.0. The highest BCUT2D eigenvalue weighted by molar-refractivity contribution is 6.34. The minimum atomic E-state index is -1.25. The van der Waals surface area contributed by atoms with Crippen LogP contribution in [0.15, 0.2) is 127 Å². The smallest absolute Gasteiger partial charge is 0.337 e. The molecule has 8 aromatic rings. The van der Waals surface area contributed by atoms with Gasteiger partial charge in [0.2, 0.25) is 0 Å². The third kappa shape index (κ3) is 5.65. The third-order valence-corrected chi connectivity index (χ3v) is 10.0. The van der Waals surface area contributed by atoms with Crippen LogP contribution in [0.4, 0.5) is 0 Å². The van der Waals surface area contributed by atoms with Gasteiger partial charge in [-0.25, -0.2) is 24.0 Å². The Morgan fingerprint density at radius 1 is 0.309 bits per heavy atom. The third-order valence-electron chi connectivity index (χ3n) is 10.0. The zero-order valence-corrected chi connectivity index (χ0v) is 28.4. The number of rotatable bonds is 9. The Morgan fingerprint density at radius 2 is 0.582 bits per heavy atom. The second-order valence-electron chi connectivity index (χ2n) is 13.0. The van der Waals surface area contributed by atoms with Crippen molar-refractivity contribution in [2.24, 2.45) is 0 Å². The number of carbonyl (C=O) groups is 5. The maximum absolute atomic E-state index is 13.5. The molecule has 8 aromatic carbocycles. The van der Waals surface area contributed by atoms with E-state index in [-0.39, 0.29) is 27.8 Å². The zero-order chi connectivity index (χ0) is 38.7. The summed E-state index contributed by atoms with van der Waals surface area (Å²) < 4.78 is 0. The van der Waals surface area contributed by atoms with E-state index in [1.54, 1.807) is 48.5 Å². The fraction of sp³-hybridized carbons (Fsp3) is 0. The van der Waals surface area contributed by atoms with Crippen molar-refractivity contribution in [1.29, 1.82) is 0 Å². The van der Waals surface area contributed by atoms with E-state index in [9.17, 15) is 49.5 Å². The molecule has 8 rings (SSSR count). The summed E-state index contributed by atoms with van der Waals surface area (Å²) in [5.74, 6) is -5.70. The van der Waals surface area contributed by atoms with Crippen LogP contribution < -0.4 is 0 Å². The molecule has 10 nitrogen and oxygen atoms in total. The first-order chi connectivity index (χ1) is 26.4. The first-order valence-electron chi connectivity index (χ1n) is 16.8. The van der Waals surface area contributed by atoms with Gasteiger partial charge in [-0.15, -0.1) is 0 Å². The number of carboxylic acids is 5. The lowest BCUT2D eigenvalue weighted by molar-refractivity contribution is 0.0686. The molecule has 0 amide bonds. The van der Waals surface area contributed by atoms with Gasteiger partial charge < -0.3 is 25.5 Å². The number of hydrogen-bond donors (Lipinski definition) is 5. The maximum Gasteiger partial charge on any atom is 0.337 e. The fourth-order valence-electron chi connectivity index (χ4n) is 7.49. The van der Waals surface area contributed by atoms with E-state index in [1.807, 2.05) is 30.3 Å². The maximum atomic E-state index is 13.5. The molecular formula is C45H26O10. The first kappa shape index (κ1) is 34.2. The van der Waals surface area contributed by atoms with Crippen LogP contribution in [0.3, 0.4) is 0 Å². The molecule has 0 spiro atoms. The monoisotopic (exact) mass is 726 g/mol. The Labute approximate surface area is 310 Å². The zero-order valence-electron chi connectivity index (χ0n) is 28.4. The van der Waals surface area contributed by atoms with Crippen molar-refractivity contribution < 1.29 is 49.5 Å². The summed E-state index contributed by atoms with van der Waals surface area (Å²) >= 11 is 0. The predicted octanol–water partition coefficient (Wildman–Crippen LogP) is 9.74. The lowest BCUT2D eigenvalue weighted by atomic mass is 9.79. The quantitative estimate of drug-likeness (QED) is 0.0896. The normalized spacial score (nSPS) is 11.3.